The molecule has 2 heterocycles. The SMILES string of the molecule is CC1CCCC1C(NN)C1CCOC2(CCSCC2)C1. The van der Waals surface area contributed by atoms with Gasteiger partial charge in [0.15, 0.2) is 0 Å². The van der Waals surface area contributed by atoms with E-state index in [1.165, 1.54) is 56.5 Å². The van der Waals surface area contributed by atoms with E-state index in [4.69, 9.17) is 10.6 Å². The van der Waals surface area contributed by atoms with Gasteiger partial charge in [-0.15, -0.1) is 0 Å². The summed E-state index contributed by atoms with van der Waals surface area (Å²) >= 11 is 2.08. The zero-order chi connectivity index (χ0) is 14.0. The minimum atomic E-state index is 0.186. The molecule has 0 aromatic carbocycles. The summed E-state index contributed by atoms with van der Waals surface area (Å²) in [5.74, 6) is 10.8. The molecule has 2 saturated heterocycles. The van der Waals surface area contributed by atoms with Crippen molar-refractivity contribution in [3.05, 3.63) is 0 Å². The topological polar surface area (TPSA) is 47.3 Å². The number of hydrazine groups is 1. The molecule has 116 valence electrons. The van der Waals surface area contributed by atoms with Crippen LogP contribution < -0.4 is 11.3 Å². The van der Waals surface area contributed by atoms with Gasteiger partial charge in [0.2, 0.25) is 0 Å². The van der Waals surface area contributed by atoms with Crippen molar-refractivity contribution >= 4 is 11.8 Å². The first-order valence-electron chi connectivity index (χ1n) is 8.42. The van der Waals surface area contributed by atoms with E-state index in [1.807, 2.05) is 0 Å². The van der Waals surface area contributed by atoms with Gasteiger partial charge in [-0.25, -0.2) is 0 Å². The maximum absolute atomic E-state index is 6.24. The Morgan fingerprint density at radius 2 is 2.05 bits per heavy atom. The second-order valence-corrected chi connectivity index (χ2v) is 8.39. The van der Waals surface area contributed by atoms with Crippen LogP contribution in [0.25, 0.3) is 0 Å². The van der Waals surface area contributed by atoms with Crippen molar-refractivity contribution in [2.75, 3.05) is 18.1 Å². The van der Waals surface area contributed by atoms with Crippen LogP contribution in [0.4, 0.5) is 0 Å². The fourth-order valence-electron chi connectivity index (χ4n) is 4.78. The Labute approximate surface area is 127 Å². The summed E-state index contributed by atoms with van der Waals surface area (Å²) in [6.07, 6.45) is 9.02. The van der Waals surface area contributed by atoms with Crippen LogP contribution in [0, 0.1) is 17.8 Å². The molecule has 0 aromatic rings. The Morgan fingerprint density at radius 1 is 1.25 bits per heavy atom. The van der Waals surface area contributed by atoms with Gasteiger partial charge in [-0.2, -0.15) is 11.8 Å². The van der Waals surface area contributed by atoms with Gasteiger partial charge in [-0.05, 0) is 61.4 Å². The van der Waals surface area contributed by atoms with E-state index >= 15 is 0 Å². The van der Waals surface area contributed by atoms with Crippen molar-refractivity contribution < 1.29 is 4.74 Å². The monoisotopic (exact) mass is 298 g/mol. The van der Waals surface area contributed by atoms with Gasteiger partial charge in [0.25, 0.3) is 0 Å². The first-order chi connectivity index (χ1) is 9.74. The molecule has 0 bridgehead atoms. The van der Waals surface area contributed by atoms with Crippen LogP contribution in [0.3, 0.4) is 0 Å². The molecule has 0 radical (unpaired) electrons. The van der Waals surface area contributed by atoms with E-state index in [1.54, 1.807) is 0 Å². The van der Waals surface area contributed by atoms with Gasteiger partial charge >= 0.3 is 0 Å². The van der Waals surface area contributed by atoms with Gasteiger partial charge < -0.3 is 4.74 Å². The number of hydrogen-bond donors (Lipinski definition) is 2. The first kappa shape index (κ1) is 15.1. The highest BCUT2D eigenvalue weighted by molar-refractivity contribution is 7.99. The fourth-order valence-corrected chi connectivity index (χ4v) is 6.02. The maximum Gasteiger partial charge on any atom is 0.0701 e. The van der Waals surface area contributed by atoms with Crippen LogP contribution in [0.15, 0.2) is 0 Å². The third-order valence-corrected chi connectivity index (χ3v) is 7.01. The molecule has 1 saturated carbocycles. The third kappa shape index (κ3) is 3.03. The summed E-state index contributed by atoms with van der Waals surface area (Å²) in [6.45, 7) is 3.35. The summed E-state index contributed by atoms with van der Waals surface area (Å²) in [6, 6.07) is 0.503. The molecule has 3 nitrogen and oxygen atoms in total. The smallest absolute Gasteiger partial charge is 0.0701 e. The molecule has 3 N–H and O–H groups in total. The van der Waals surface area contributed by atoms with Crippen LogP contribution in [0.5, 0.6) is 0 Å². The Kier molecular flexibility index (Phi) is 4.96. The lowest BCUT2D eigenvalue weighted by molar-refractivity contribution is -0.110. The Balaban J connectivity index is 1.68. The van der Waals surface area contributed by atoms with E-state index in [-0.39, 0.29) is 5.60 Å². The van der Waals surface area contributed by atoms with E-state index in [2.05, 4.69) is 24.1 Å². The van der Waals surface area contributed by atoms with Gasteiger partial charge in [0.1, 0.15) is 0 Å². The third-order valence-electron chi connectivity index (χ3n) is 6.02. The van der Waals surface area contributed by atoms with Crippen molar-refractivity contribution in [2.24, 2.45) is 23.6 Å². The van der Waals surface area contributed by atoms with E-state index in [9.17, 15) is 0 Å². The maximum atomic E-state index is 6.24. The number of ether oxygens (including phenoxy) is 1. The lowest BCUT2D eigenvalue weighted by Crippen LogP contribution is -2.53. The molecular weight excluding hydrogens is 268 g/mol. The van der Waals surface area contributed by atoms with E-state index in [0.29, 0.717) is 12.0 Å². The van der Waals surface area contributed by atoms with Crippen molar-refractivity contribution in [1.82, 2.24) is 5.43 Å². The second kappa shape index (κ2) is 6.55. The van der Waals surface area contributed by atoms with Crippen LogP contribution in [-0.2, 0) is 4.74 Å². The van der Waals surface area contributed by atoms with Gasteiger partial charge in [-0.3, -0.25) is 11.3 Å². The predicted octanol–water partition coefficient (Wildman–Crippen LogP) is 2.95. The minimum absolute atomic E-state index is 0.186. The zero-order valence-corrected chi connectivity index (χ0v) is 13.6. The van der Waals surface area contributed by atoms with Gasteiger partial charge in [-0.1, -0.05) is 19.8 Å². The molecule has 3 fully saturated rings. The molecule has 0 amide bonds. The largest absolute Gasteiger partial charge is 0.375 e. The number of thioether (sulfide) groups is 1. The highest BCUT2D eigenvalue weighted by Crippen LogP contribution is 2.44. The zero-order valence-electron chi connectivity index (χ0n) is 12.8. The second-order valence-electron chi connectivity index (χ2n) is 7.16. The minimum Gasteiger partial charge on any atom is -0.375 e. The lowest BCUT2D eigenvalue weighted by atomic mass is 9.73. The van der Waals surface area contributed by atoms with Crippen molar-refractivity contribution in [3.63, 3.8) is 0 Å². The highest BCUT2D eigenvalue weighted by Gasteiger charge is 2.43. The Bertz CT molecular complexity index is 314. The number of nitrogens with two attached hydrogens (primary N) is 1. The molecule has 1 aliphatic carbocycles. The molecule has 3 rings (SSSR count). The quantitative estimate of drug-likeness (QED) is 0.621. The summed E-state index contributed by atoms with van der Waals surface area (Å²) in [5, 5.41) is 0. The van der Waals surface area contributed by atoms with Crippen molar-refractivity contribution in [1.29, 1.82) is 0 Å². The fraction of sp³-hybridized carbons (Fsp3) is 1.00. The first-order valence-corrected chi connectivity index (χ1v) is 9.57. The molecule has 4 atom stereocenters. The van der Waals surface area contributed by atoms with Crippen molar-refractivity contribution in [2.45, 2.75) is 63.5 Å². The summed E-state index contributed by atoms with van der Waals surface area (Å²) < 4.78 is 6.24. The van der Waals surface area contributed by atoms with Crippen LogP contribution >= 0.6 is 11.8 Å². The molecule has 2 aliphatic heterocycles. The average molecular weight is 298 g/mol. The molecule has 4 unspecified atom stereocenters. The molecule has 20 heavy (non-hydrogen) atoms. The summed E-state index contributed by atoms with van der Waals surface area (Å²) in [7, 11) is 0. The number of rotatable bonds is 3. The molecule has 1 spiro atoms. The van der Waals surface area contributed by atoms with Crippen LogP contribution in [0.2, 0.25) is 0 Å². The average Bonchev–Trinajstić information content (AvgIpc) is 2.87. The molecular formula is C16H30N2OS. The van der Waals surface area contributed by atoms with Crippen molar-refractivity contribution in [3.8, 4) is 0 Å². The normalized spacial score (nSPS) is 39.0. The number of nitrogens with one attached hydrogen (secondary N) is 1. The summed E-state index contributed by atoms with van der Waals surface area (Å²) in [4.78, 5) is 0. The van der Waals surface area contributed by atoms with E-state index < -0.39 is 0 Å². The standard InChI is InChI=1S/C16H30N2OS/c1-12-3-2-4-14(12)15(18-17)13-5-8-19-16(11-13)6-9-20-10-7-16/h12-15,18H,2-11,17H2,1H3. The molecule has 3 aliphatic rings. The van der Waals surface area contributed by atoms with Gasteiger partial charge in [0.05, 0.1) is 5.60 Å². The number of hydrogen-bond acceptors (Lipinski definition) is 4. The van der Waals surface area contributed by atoms with Crippen LogP contribution in [-0.4, -0.2) is 29.8 Å². The molecule has 0 aromatic heterocycles. The molecule has 4 heteroatoms. The Morgan fingerprint density at radius 3 is 2.70 bits per heavy atom. The lowest BCUT2D eigenvalue weighted by Gasteiger charge is -2.46. The van der Waals surface area contributed by atoms with Crippen LogP contribution in [0.1, 0.15) is 51.9 Å². The Hall–Kier alpha value is 0.230. The predicted molar refractivity (Wildman–Crippen MR) is 85.6 cm³/mol. The highest BCUT2D eigenvalue weighted by atomic mass is 32.2. The van der Waals surface area contributed by atoms with Gasteiger partial charge in [0, 0.05) is 12.6 Å². The van der Waals surface area contributed by atoms with E-state index in [0.717, 1.165) is 18.4 Å². The summed E-state index contributed by atoms with van der Waals surface area (Å²) in [5.41, 5.74) is 3.39.